The first-order chi connectivity index (χ1) is 9.97. The first-order valence-electron chi connectivity index (χ1n) is 6.91. The molecule has 0 radical (unpaired) electrons. The van der Waals surface area contributed by atoms with Crippen LogP contribution in [0.2, 0.25) is 0 Å². The Morgan fingerprint density at radius 3 is 2.67 bits per heavy atom. The van der Waals surface area contributed by atoms with Gasteiger partial charge in [0.2, 0.25) is 0 Å². The van der Waals surface area contributed by atoms with Crippen molar-refractivity contribution in [1.82, 2.24) is 4.90 Å². The number of ether oxygens (including phenoxy) is 1. The fourth-order valence-electron chi connectivity index (χ4n) is 2.40. The van der Waals surface area contributed by atoms with E-state index in [2.05, 4.69) is 0 Å². The molecule has 0 bridgehead atoms. The molecule has 0 spiro atoms. The van der Waals surface area contributed by atoms with Gasteiger partial charge in [0.25, 0.3) is 5.91 Å². The molecular formula is C15H18FNO4. The third kappa shape index (κ3) is 3.93. The van der Waals surface area contributed by atoms with Crippen molar-refractivity contribution < 1.29 is 23.8 Å². The number of hydrogen-bond donors (Lipinski definition) is 1. The van der Waals surface area contributed by atoms with E-state index in [0.717, 1.165) is 0 Å². The number of piperidine rings is 1. The van der Waals surface area contributed by atoms with E-state index in [0.29, 0.717) is 25.1 Å². The van der Waals surface area contributed by atoms with Crippen molar-refractivity contribution in [1.29, 1.82) is 0 Å². The summed E-state index contributed by atoms with van der Waals surface area (Å²) in [7, 11) is 0. The predicted molar refractivity (Wildman–Crippen MR) is 73.4 cm³/mol. The van der Waals surface area contributed by atoms with E-state index in [9.17, 15) is 14.0 Å². The number of carboxylic acid groups (broad SMARTS) is 1. The molecule has 1 amide bonds. The molecule has 0 unspecified atom stereocenters. The molecule has 0 aromatic heterocycles. The summed E-state index contributed by atoms with van der Waals surface area (Å²) in [5.41, 5.74) is 0. The number of nitrogens with zero attached hydrogens (tertiary/aromatic N) is 1. The number of carbonyl (C=O) groups is 2. The Morgan fingerprint density at radius 2 is 2.05 bits per heavy atom. The molecule has 1 aliphatic heterocycles. The number of likely N-dealkylation sites (tertiary alicyclic amines) is 1. The lowest BCUT2D eigenvalue weighted by Gasteiger charge is -2.32. The summed E-state index contributed by atoms with van der Waals surface area (Å²) in [6, 6.07) is 5.42. The van der Waals surface area contributed by atoms with Crippen molar-refractivity contribution in [3.63, 3.8) is 0 Å². The molecule has 1 aliphatic rings. The fourth-order valence-corrected chi connectivity index (χ4v) is 2.40. The molecule has 1 aromatic carbocycles. The van der Waals surface area contributed by atoms with Crippen molar-refractivity contribution >= 4 is 11.9 Å². The molecule has 1 saturated heterocycles. The van der Waals surface area contributed by atoms with Gasteiger partial charge in [0.05, 0.1) is 5.92 Å². The zero-order valence-electron chi connectivity index (χ0n) is 11.8. The second-order valence-electron chi connectivity index (χ2n) is 5.18. The van der Waals surface area contributed by atoms with Gasteiger partial charge in [-0.1, -0.05) is 0 Å². The van der Waals surface area contributed by atoms with E-state index >= 15 is 0 Å². The lowest BCUT2D eigenvalue weighted by atomic mass is 9.98. The minimum atomic E-state index is -0.875. The van der Waals surface area contributed by atoms with Crippen LogP contribution < -0.4 is 4.74 Å². The Balaban J connectivity index is 1.95. The van der Waals surface area contributed by atoms with Crippen LogP contribution in [-0.2, 0) is 9.59 Å². The van der Waals surface area contributed by atoms with Gasteiger partial charge in [-0.2, -0.15) is 0 Å². The normalized spacial score (nSPS) is 19.9. The smallest absolute Gasteiger partial charge is 0.308 e. The van der Waals surface area contributed by atoms with Crippen LogP contribution in [0.15, 0.2) is 24.3 Å². The number of amides is 1. The van der Waals surface area contributed by atoms with Gasteiger partial charge in [-0.25, -0.2) is 4.39 Å². The number of hydrogen-bond acceptors (Lipinski definition) is 3. The monoisotopic (exact) mass is 295 g/mol. The van der Waals surface area contributed by atoms with Gasteiger partial charge in [0.15, 0.2) is 6.10 Å². The highest BCUT2D eigenvalue weighted by Gasteiger charge is 2.30. The molecule has 21 heavy (non-hydrogen) atoms. The predicted octanol–water partition coefficient (Wildman–Crippen LogP) is 1.92. The van der Waals surface area contributed by atoms with Crippen molar-refractivity contribution in [3.8, 4) is 5.75 Å². The minimum absolute atomic E-state index is 0.214. The van der Waals surface area contributed by atoms with Gasteiger partial charge in [-0.05, 0) is 44.0 Å². The third-order valence-electron chi connectivity index (χ3n) is 3.56. The van der Waals surface area contributed by atoms with Crippen LogP contribution in [0, 0.1) is 11.7 Å². The number of carbonyl (C=O) groups excluding carboxylic acids is 1. The van der Waals surface area contributed by atoms with Crippen LogP contribution >= 0.6 is 0 Å². The van der Waals surface area contributed by atoms with Gasteiger partial charge in [0, 0.05) is 13.1 Å². The molecular weight excluding hydrogens is 277 g/mol. The van der Waals surface area contributed by atoms with E-state index in [1.54, 1.807) is 6.92 Å². The second kappa shape index (κ2) is 6.56. The van der Waals surface area contributed by atoms with Crippen LogP contribution in [0.4, 0.5) is 4.39 Å². The molecule has 1 aromatic rings. The molecule has 2 atom stereocenters. The summed E-state index contributed by atoms with van der Waals surface area (Å²) in [6.45, 7) is 2.36. The fraction of sp³-hybridized carbons (Fsp3) is 0.467. The molecule has 6 heteroatoms. The molecule has 2 rings (SSSR count). The summed E-state index contributed by atoms with van der Waals surface area (Å²) in [5, 5.41) is 9.03. The highest BCUT2D eigenvalue weighted by molar-refractivity contribution is 5.82. The van der Waals surface area contributed by atoms with Crippen molar-refractivity contribution in [2.24, 2.45) is 5.92 Å². The number of halogens is 1. The van der Waals surface area contributed by atoms with Crippen molar-refractivity contribution in [3.05, 3.63) is 30.1 Å². The molecule has 1 heterocycles. The molecule has 114 valence electrons. The van der Waals surface area contributed by atoms with Crippen LogP contribution in [0.25, 0.3) is 0 Å². The van der Waals surface area contributed by atoms with Crippen LogP contribution in [0.1, 0.15) is 19.8 Å². The highest BCUT2D eigenvalue weighted by atomic mass is 19.1. The summed E-state index contributed by atoms with van der Waals surface area (Å²) in [4.78, 5) is 24.8. The summed E-state index contributed by atoms with van der Waals surface area (Å²) in [5.74, 6) is -1.60. The largest absolute Gasteiger partial charge is 0.481 e. The Labute approximate surface area is 122 Å². The van der Waals surface area contributed by atoms with Gasteiger partial charge >= 0.3 is 5.97 Å². The Morgan fingerprint density at radius 1 is 1.38 bits per heavy atom. The van der Waals surface area contributed by atoms with Gasteiger partial charge < -0.3 is 14.7 Å². The maximum atomic E-state index is 12.8. The first kappa shape index (κ1) is 15.3. The molecule has 0 saturated carbocycles. The highest BCUT2D eigenvalue weighted by Crippen LogP contribution is 2.19. The number of carboxylic acids is 1. The Bertz CT molecular complexity index is 517. The van der Waals surface area contributed by atoms with Crippen LogP contribution in [0.5, 0.6) is 5.75 Å². The minimum Gasteiger partial charge on any atom is -0.481 e. The standard InChI is InChI=1S/C15H18FNO4/c1-10(21-13-6-4-12(16)5-7-13)14(18)17-8-2-3-11(9-17)15(19)20/h4-7,10-11H,2-3,8-9H2,1H3,(H,19,20)/t10-,11-/m0/s1. The molecule has 5 nitrogen and oxygen atoms in total. The second-order valence-corrected chi connectivity index (χ2v) is 5.18. The molecule has 0 aliphatic carbocycles. The van der Waals surface area contributed by atoms with Crippen molar-refractivity contribution in [2.75, 3.05) is 13.1 Å². The first-order valence-corrected chi connectivity index (χ1v) is 6.91. The van der Waals surface area contributed by atoms with E-state index < -0.39 is 18.0 Å². The van der Waals surface area contributed by atoms with Crippen LogP contribution in [-0.4, -0.2) is 41.1 Å². The van der Waals surface area contributed by atoms with Crippen LogP contribution in [0.3, 0.4) is 0 Å². The maximum absolute atomic E-state index is 12.8. The molecule has 1 N–H and O–H groups in total. The third-order valence-corrected chi connectivity index (χ3v) is 3.56. The zero-order valence-corrected chi connectivity index (χ0v) is 11.8. The van der Waals surface area contributed by atoms with Crippen molar-refractivity contribution in [2.45, 2.75) is 25.9 Å². The SMILES string of the molecule is C[C@H](Oc1ccc(F)cc1)C(=O)N1CCC[C@H](C(=O)O)C1. The summed E-state index contributed by atoms with van der Waals surface area (Å²) in [6.07, 6.45) is 0.529. The van der Waals surface area contributed by atoms with E-state index in [-0.39, 0.29) is 18.3 Å². The van der Waals surface area contributed by atoms with E-state index in [4.69, 9.17) is 9.84 Å². The molecule has 1 fully saturated rings. The number of aliphatic carboxylic acids is 1. The number of benzene rings is 1. The zero-order chi connectivity index (χ0) is 15.4. The Kier molecular flexibility index (Phi) is 4.77. The average Bonchev–Trinajstić information content (AvgIpc) is 2.49. The van der Waals surface area contributed by atoms with Gasteiger partial charge in [-0.15, -0.1) is 0 Å². The summed E-state index contributed by atoms with van der Waals surface area (Å²) < 4.78 is 18.3. The summed E-state index contributed by atoms with van der Waals surface area (Å²) >= 11 is 0. The topological polar surface area (TPSA) is 66.8 Å². The number of rotatable bonds is 4. The quantitative estimate of drug-likeness (QED) is 0.921. The maximum Gasteiger partial charge on any atom is 0.308 e. The van der Waals surface area contributed by atoms with Gasteiger partial charge in [-0.3, -0.25) is 9.59 Å². The van der Waals surface area contributed by atoms with E-state index in [1.165, 1.54) is 29.2 Å². The van der Waals surface area contributed by atoms with Gasteiger partial charge in [0.1, 0.15) is 11.6 Å². The average molecular weight is 295 g/mol. The van der Waals surface area contributed by atoms with E-state index in [1.807, 2.05) is 0 Å². The Hall–Kier alpha value is -2.11. The lowest BCUT2D eigenvalue weighted by molar-refractivity contribution is -0.147. The lowest BCUT2D eigenvalue weighted by Crippen LogP contribution is -2.47.